The second-order valence-electron chi connectivity index (χ2n) is 6.63. The second-order valence-corrected chi connectivity index (χ2v) is 7.04. The maximum Gasteiger partial charge on any atom is 0.255 e. The molecule has 1 heterocycles. The first-order valence-corrected chi connectivity index (χ1v) is 9.16. The summed E-state index contributed by atoms with van der Waals surface area (Å²) < 4.78 is 10.9. The fourth-order valence-electron chi connectivity index (χ4n) is 2.74. The van der Waals surface area contributed by atoms with E-state index in [4.69, 9.17) is 20.9 Å². The minimum absolute atomic E-state index is 0.239. The summed E-state index contributed by atoms with van der Waals surface area (Å²) in [7, 11) is 3.82. The van der Waals surface area contributed by atoms with Crippen molar-refractivity contribution >= 4 is 28.9 Å². The van der Waals surface area contributed by atoms with Crippen LogP contribution in [0.5, 0.6) is 5.75 Å². The fraction of sp³-hybridized carbons (Fsp3) is 0.238. The summed E-state index contributed by atoms with van der Waals surface area (Å²) >= 11 is 6.27. The summed E-state index contributed by atoms with van der Waals surface area (Å²) in [6.45, 7) is 4.04. The fourth-order valence-corrected chi connectivity index (χ4v) is 3.09. The van der Waals surface area contributed by atoms with Crippen LogP contribution in [0, 0.1) is 13.8 Å². The average molecular weight is 400 g/mol. The Kier molecular flexibility index (Phi) is 5.90. The van der Waals surface area contributed by atoms with E-state index in [1.54, 1.807) is 30.3 Å². The third kappa shape index (κ3) is 4.46. The molecule has 0 radical (unpaired) electrons. The Bertz CT molecular complexity index is 979. The number of hydrogen-bond acceptors (Lipinski definition) is 5. The molecule has 0 saturated carbocycles. The molecule has 6 nitrogen and oxygen atoms in total. The van der Waals surface area contributed by atoms with Gasteiger partial charge in [0, 0.05) is 25.3 Å². The standard InChI is InChI=1S/C21H22ClN3O3/c1-13-18(14(2)28-24-13)12-27-17-7-5-6-15(10-17)21(26)23-16-8-9-20(25(3)4)19(22)11-16/h5-11H,12H2,1-4H3,(H,23,26). The van der Waals surface area contributed by atoms with E-state index in [9.17, 15) is 4.79 Å². The first kappa shape index (κ1) is 19.8. The first-order valence-electron chi connectivity index (χ1n) is 8.78. The summed E-state index contributed by atoms with van der Waals surface area (Å²) in [4.78, 5) is 14.5. The molecule has 0 aliphatic carbocycles. The van der Waals surface area contributed by atoms with Crippen molar-refractivity contribution < 1.29 is 14.1 Å². The highest BCUT2D eigenvalue weighted by Gasteiger charge is 2.12. The zero-order valence-electron chi connectivity index (χ0n) is 16.2. The monoisotopic (exact) mass is 399 g/mol. The number of nitrogens with zero attached hydrogens (tertiary/aromatic N) is 2. The lowest BCUT2D eigenvalue weighted by Gasteiger charge is -2.15. The first-order chi connectivity index (χ1) is 13.3. The van der Waals surface area contributed by atoms with Crippen LogP contribution in [0.25, 0.3) is 0 Å². The molecule has 0 aliphatic heterocycles. The number of halogens is 1. The Labute approximate surface area is 169 Å². The molecule has 0 fully saturated rings. The molecule has 1 aromatic heterocycles. The highest BCUT2D eigenvalue weighted by Crippen LogP contribution is 2.28. The molecule has 0 aliphatic rings. The molecule has 146 valence electrons. The minimum atomic E-state index is -0.239. The molecular formula is C21H22ClN3O3. The van der Waals surface area contributed by atoms with Crippen LogP contribution in [-0.2, 0) is 6.61 Å². The van der Waals surface area contributed by atoms with Gasteiger partial charge in [0.2, 0.25) is 0 Å². The summed E-state index contributed by atoms with van der Waals surface area (Å²) in [6.07, 6.45) is 0. The smallest absolute Gasteiger partial charge is 0.255 e. The quantitative estimate of drug-likeness (QED) is 0.642. The summed E-state index contributed by atoms with van der Waals surface area (Å²) in [5.41, 5.74) is 3.70. The van der Waals surface area contributed by atoms with E-state index in [0.29, 0.717) is 28.6 Å². The zero-order valence-corrected chi connectivity index (χ0v) is 17.0. The third-order valence-corrected chi connectivity index (χ3v) is 4.65. The number of aromatic nitrogens is 1. The van der Waals surface area contributed by atoms with Crippen LogP contribution in [0.15, 0.2) is 47.0 Å². The Balaban J connectivity index is 1.69. The van der Waals surface area contributed by atoms with Crippen molar-refractivity contribution in [2.75, 3.05) is 24.3 Å². The largest absolute Gasteiger partial charge is 0.489 e. The van der Waals surface area contributed by atoms with Gasteiger partial charge in [0.25, 0.3) is 5.91 Å². The van der Waals surface area contributed by atoms with Crippen molar-refractivity contribution in [1.82, 2.24) is 5.16 Å². The number of amides is 1. The van der Waals surface area contributed by atoms with E-state index in [0.717, 1.165) is 22.7 Å². The van der Waals surface area contributed by atoms with E-state index in [1.165, 1.54) is 0 Å². The summed E-state index contributed by atoms with van der Waals surface area (Å²) in [5.74, 6) is 1.08. The number of aryl methyl sites for hydroxylation is 2. The normalized spacial score (nSPS) is 10.6. The van der Waals surface area contributed by atoms with Gasteiger partial charge >= 0.3 is 0 Å². The number of benzene rings is 2. The number of nitrogens with one attached hydrogen (secondary N) is 1. The molecule has 0 spiro atoms. The van der Waals surface area contributed by atoms with Gasteiger partial charge in [0.05, 0.1) is 22.0 Å². The molecule has 1 amide bonds. The predicted octanol–water partition coefficient (Wildman–Crippen LogP) is 4.84. The number of rotatable bonds is 6. The molecule has 0 bridgehead atoms. The SMILES string of the molecule is Cc1noc(C)c1COc1cccc(C(=O)Nc2ccc(N(C)C)c(Cl)c2)c1. The van der Waals surface area contributed by atoms with Crippen LogP contribution in [0.1, 0.15) is 27.4 Å². The Morgan fingerprint density at radius 3 is 2.64 bits per heavy atom. The van der Waals surface area contributed by atoms with E-state index < -0.39 is 0 Å². The van der Waals surface area contributed by atoms with Crippen LogP contribution < -0.4 is 15.0 Å². The molecular weight excluding hydrogens is 378 g/mol. The maximum atomic E-state index is 12.6. The molecule has 0 unspecified atom stereocenters. The number of hydrogen-bond donors (Lipinski definition) is 1. The van der Waals surface area contributed by atoms with Crippen molar-refractivity contribution in [3.05, 3.63) is 70.1 Å². The number of ether oxygens (including phenoxy) is 1. The van der Waals surface area contributed by atoms with E-state index in [-0.39, 0.29) is 5.91 Å². The average Bonchev–Trinajstić information content (AvgIpc) is 2.98. The second kappa shape index (κ2) is 8.35. The highest BCUT2D eigenvalue weighted by atomic mass is 35.5. The molecule has 1 N–H and O–H groups in total. The van der Waals surface area contributed by atoms with Crippen molar-refractivity contribution in [2.24, 2.45) is 0 Å². The van der Waals surface area contributed by atoms with Gasteiger partial charge in [-0.05, 0) is 50.2 Å². The number of anilines is 2. The molecule has 0 saturated heterocycles. The van der Waals surface area contributed by atoms with Crippen LogP contribution in [0.3, 0.4) is 0 Å². The van der Waals surface area contributed by atoms with Gasteiger partial charge in [-0.3, -0.25) is 4.79 Å². The molecule has 7 heteroatoms. The van der Waals surface area contributed by atoms with Crippen molar-refractivity contribution in [2.45, 2.75) is 20.5 Å². The van der Waals surface area contributed by atoms with Gasteiger partial charge in [-0.1, -0.05) is 22.8 Å². The number of carbonyl (C=O) groups is 1. The Morgan fingerprint density at radius 1 is 1.21 bits per heavy atom. The molecule has 3 aromatic rings. The third-order valence-electron chi connectivity index (χ3n) is 4.35. The molecule has 28 heavy (non-hydrogen) atoms. The van der Waals surface area contributed by atoms with Crippen LogP contribution in [0.2, 0.25) is 5.02 Å². The maximum absolute atomic E-state index is 12.6. The predicted molar refractivity (Wildman–Crippen MR) is 110 cm³/mol. The molecule has 3 rings (SSSR count). The lowest BCUT2D eigenvalue weighted by atomic mass is 10.2. The topological polar surface area (TPSA) is 67.6 Å². The van der Waals surface area contributed by atoms with Gasteiger partial charge < -0.3 is 19.5 Å². The minimum Gasteiger partial charge on any atom is -0.489 e. The van der Waals surface area contributed by atoms with Crippen molar-refractivity contribution in [1.29, 1.82) is 0 Å². The Hall–Kier alpha value is -2.99. The van der Waals surface area contributed by atoms with E-state index in [1.807, 2.05) is 45.0 Å². The summed E-state index contributed by atoms with van der Waals surface area (Å²) in [5, 5.41) is 7.34. The van der Waals surface area contributed by atoms with Crippen LogP contribution >= 0.6 is 11.6 Å². The van der Waals surface area contributed by atoms with Crippen LogP contribution in [-0.4, -0.2) is 25.2 Å². The Morgan fingerprint density at radius 2 is 2.00 bits per heavy atom. The van der Waals surface area contributed by atoms with E-state index in [2.05, 4.69) is 10.5 Å². The van der Waals surface area contributed by atoms with Gasteiger partial charge in [0.15, 0.2) is 0 Å². The zero-order chi connectivity index (χ0) is 20.3. The van der Waals surface area contributed by atoms with Crippen molar-refractivity contribution in [3.63, 3.8) is 0 Å². The van der Waals surface area contributed by atoms with Gasteiger partial charge in [-0.15, -0.1) is 0 Å². The van der Waals surface area contributed by atoms with Gasteiger partial charge in [-0.2, -0.15) is 0 Å². The van der Waals surface area contributed by atoms with Crippen molar-refractivity contribution in [3.8, 4) is 5.75 Å². The molecule has 2 aromatic carbocycles. The molecule has 0 atom stereocenters. The van der Waals surface area contributed by atoms with Gasteiger partial charge in [-0.25, -0.2) is 0 Å². The summed E-state index contributed by atoms with van der Waals surface area (Å²) in [6, 6.07) is 12.4. The van der Waals surface area contributed by atoms with Gasteiger partial charge in [0.1, 0.15) is 18.1 Å². The highest BCUT2D eigenvalue weighted by molar-refractivity contribution is 6.33. The lowest BCUT2D eigenvalue weighted by Crippen LogP contribution is -2.13. The van der Waals surface area contributed by atoms with Crippen LogP contribution in [0.4, 0.5) is 11.4 Å². The van der Waals surface area contributed by atoms with E-state index >= 15 is 0 Å². The number of carbonyl (C=O) groups excluding carboxylic acids is 1. The lowest BCUT2D eigenvalue weighted by molar-refractivity contribution is 0.102.